The van der Waals surface area contributed by atoms with E-state index in [9.17, 15) is 9.90 Å². The zero-order valence-electron chi connectivity index (χ0n) is 18.6. The molecule has 172 valence electrons. The molecule has 1 saturated heterocycles. The number of aliphatic hydroxyl groups excluding tert-OH is 1. The summed E-state index contributed by atoms with van der Waals surface area (Å²) in [6.45, 7) is 1.48. The van der Waals surface area contributed by atoms with Crippen molar-refractivity contribution in [1.29, 1.82) is 0 Å². The summed E-state index contributed by atoms with van der Waals surface area (Å²) >= 11 is 0. The first-order valence-electron chi connectivity index (χ1n) is 12.1. The molecule has 0 spiro atoms. The number of rotatable bonds is 5. The van der Waals surface area contributed by atoms with Crippen molar-refractivity contribution in [2.75, 3.05) is 18.0 Å². The summed E-state index contributed by atoms with van der Waals surface area (Å²) in [5, 5.41) is 14.8. The number of hydrazone groups is 1. The van der Waals surface area contributed by atoms with E-state index in [0.717, 1.165) is 49.8 Å². The Morgan fingerprint density at radius 2 is 1.88 bits per heavy atom. The predicted octanol–water partition coefficient (Wildman–Crippen LogP) is 3.63. The lowest BCUT2D eigenvalue weighted by molar-refractivity contribution is -0.131. The van der Waals surface area contributed by atoms with E-state index in [4.69, 9.17) is 0 Å². The summed E-state index contributed by atoms with van der Waals surface area (Å²) in [6.07, 6.45) is 5.80. The van der Waals surface area contributed by atoms with Gasteiger partial charge in [-0.15, -0.1) is 0 Å². The lowest BCUT2D eigenvalue weighted by atomic mass is 9.99. The summed E-state index contributed by atoms with van der Waals surface area (Å²) in [5.74, 6) is 0.979. The highest BCUT2D eigenvalue weighted by Crippen LogP contribution is 2.35. The summed E-state index contributed by atoms with van der Waals surface area (Å²) in [6, 6.07) is 11.6. The number of amides is 1. The third kappa shape index (κ3) is 3.88. The highest BCUT2D eigenvalue weighted by Gasteiger charge is 2.38. The monoisotopic (exact) mass is 448 g/mol. The number of amidine groups is 1. The van der Waals surface area contributed by atoms with Crippen molar-refractivity contribution in [2.24, 2.45) is 16.9 Å². The second-order valence-electron chi connectivity index (χ2n) is 9.82. The van der Waals surface area contributed by atoms with Gasteiger partial charge in [0.05, 0.1) is 5.69 Å². The van der Waals surface area contributed by atoms with Crippen LogP contribution in [0.25, 0.3) is 11.1 Å². The topological polar surface area (TPSA) is 68.2 Å². The molecule has 1 saturated carbocycles. The van der Waals surface area contributed by atoms with Crippen molar-refractivity contribution in [3.8, 4) is 11.1 Å². The van der Waals surface area contributed by atoms with Crippen LogP contribution in [0, 0.1) is 17.7 Å². The maximum absolute atomic E-state index is 15.3. The second kappa shape index (κ2) is 8.13. The average Bonchev–Trinajstić information content (AvgIpc) is 3.21. The molecular weight excluding hydrogens is 419 g/mol. The fourth-order valence-corrected chi connectivity index (χ4v) is 5.48. The molecule has 2 aromatic rings. The molecule has 2 N–H and O–H groups in total. The van der Waals surface area contributed by atoms with E-state index in [2.05, 4.69) is 28.7 Å². The number of hydrogen-bond acceptors (Lipinski definition) is 5. The largest absolute Gasteiger partial charge is 0.355 e. The smallest absolute Gasteiger partial charge is 0.225 e. The fourth-order valence-electron chi connectivity index (χ4n) is 5.48. The van der Waals surface area contributed by atoms with Crippen LogP contribution in [0.5, 0.6) is 0 Å². The van der Waals surface area contributed by atoms with E-state index in [1.165, 1.54) is 22.4 Å². The van der Waals surface area contributed by atoms with Crippen LogP contribution in [-0.4, -0.2) is 41.2 Å². The number of aryl methyl sites for hydroxylation is 2. The summed E-state index contributed by atoms with van der Waals surface area (Å²) in [5.41, 5.74) is 7.58. The zero-order chi connectivity index (χ0) is 22.5. The molecule has 33 heavy (non-hydrogen) atoms. The van der Waals surface area contributed by atoms with Gasteiger partial charge in [-0.05, 0) is 78.8 Å². The first-order chi connectivity index (χ1) is 16.1. The number of anilines is 1. The van der Waals surface area contributed by atoms with Crippen molar-refractivity contribution in [3.63, 3.8) is 0 Å². The Hall–Kier alpha value is -2.93. The molecule has 2 aliphatic carbocycles. The summed E-state index contributed by atoms with van der Waals surface area (Å²) in [7, 11) is 0. The van der Waals surface area contributed by atoms with Crippen LogP contribution in [0.4, 0.5) is 10.1 Å². The summed E-state index contributed by atoms with van der Waals surface area (Å²) in [4.78, 5) is 15.9. The number of fused-ring (bicyclic) bond motifs is 1. The molecule has 0 radical (unpaired) electrons. The minimum Gasteiger partial charge on any atom is -0.355 e. The van der Waals surface area contributed by atoms with E-state index in [1.807, 2.05) is 11.0 Å². The SMILES string of the molecule is O=C(C1CC1)N1CC[C@@H](CC2=NNC(O)N2c2ccc(-c3ccc4c(c3)CCC4)cc2F)C1. The van der Waals surface area contributed by atoms with Crippen LogP contribution in [0.2, 0.25) is 0 Å². The number of carbonyl (C=O) groups excluding carboxylic acids is 1. The third-order valence-electron chi connectivity index (χ3n) is 7.47. The third-order valence-corrected chi connectivity index (χ3v) is 7.47. The molecule has 6 nitrogen and oxygen atoms in total. The molecule has 2 fully saturated rings. The highest BCUT2D eigenvalue weighted by molar-refractivity contribution is 5.99. The lowest BCUT2D eigenvalue weighted by Crippen LogP contribution is -2.41. The molecule has 2 heterocycles. The summed E-state index contributed by atoms with van der Waals surface area (Å²) < 4.78 is 15.3. The van der Waals surface area contributed by atoms with Crippen molar-refractivity contribution in [1.82, 2.24) is 10.3 Å². The van der Waals surface area contributed by atoms with Crippen LogP contribution in [-0.2, 0) is 17.6 Å². The first-order valence-corrected chi connectivity index (χ1v) is 12.1. The van der Waals surface area contributed by atoms with E-state index in [0.29, 0.717) is 24.5 Å². The van der Waals surface area contributed by atoms with E-state index in [-0.39, 0.29) is 23.6 Å². The van der Waals surface area contributed by atoms with Crippen LogP contribution in [0.1, 0.15) is 43.2 Å². The minimum absolute atomic E-state index is 0.228. The average molecular weight is 449 g/mol. The quantitative estimate of drug-likeness (QED) is 0.733. The Kier molecular flexibility index (Phi) is 5.09. The van der Waals surface area contributed by atoms with Gasteiger partial charge < -0.3 is 10.0 Å². The Labute approximate surface area is 193 Å². The number of nitrogens with one attached hydrogen (secondary N) is 1. The lowest BCUT2D eigenvalue weighted by Gasteiger charge is -2.25. The zero-order valence-corrected chi connectivity index (χ0v) is 18.6. The Bertz CT molecular complexity index is 1130. The van der Waals surface area contributed by atoms with Crippen molar-refractivity contribution >= 4 is 17.4 Å². The minimum atomic E-state index is -1.11. The van der Waals surface area contributed by atoms with Gasteiger partial charge in [-0.2, -0.15) is 5.10 Å². The molecular formula is C26H29FN4O2. The van der Waals surface area contributed by atoms with Crippen LogP contribution in [0.15, 0.2) is 41.5 Å². The van der Waals surface area contributed by atoms with Gasteiger partial charge in [-0.1, -0.05) is 24.3 Å². The van der Waals surface area contributed by atoms with Gasteiger partial charge in [-0.3, -0.25) is 15.1 Å². The van der Waals surface area contributed by atoms with Gasteiger partial charge in [0.1, 0.15) is 11.7 Å². The van der Waals surface area contributed by atoms with Crippen LogP contribution >= 0.6 is 0 Å². The molecule has 2 aromatic carbocycles. The number of aliphatic hydroxyl groups is 1. The Morgan fingerprint density at radius 1 is 1.09 bits per heavy atom. The van der Waals surface area contributed by atoms with Gasteiger partial charge in [0, 0.05) is 25.4 Å². The van der Waals surface area contributed by atoms with Gasteiger partial charge in [0.2, 0.25) is 12.3 Å². The number of carbonyl (C=O) groups is 1. The number of likely N-dealkylation sites (tertiary alicyclic amines) is 1. The normalized spacial score (nSPS) is 24.1. The fraction of sp³-hybridized carbons (Fsp3) is 0.462. The van der Waals surface area contributed by atoms with Gasteiger partial charge in [-0.25, -0.2) is 4.39 Å². The molecule has 4 aliphatic rings. The van der Waals surface area contributed by atoms with Crippen molar-refractivity contribution in [2.45, 2.75) is 51.3 Å². The Morgan fingerprint density at radius 3 is 2.70 bits per heavy atom. The van der Waals surface area contributed by atoms with Crippen LogP contribution in [0.3, 0.4) is 0 Å². The molecule has 6 rings (SSSR count). The number of hydrogen-bond donors (Lipinski definition) is 2. The van der Waals surface area contributed by atoms with Crippen molar-refractivity contribution < 1.29 is 14.3 Å². The van der Waals surface area contributed by atoms with E-state index >= 15 is 4.39 Å². The number of benzene rings is 2. The highest BCUT2D eigenvalue weighted by atomic mass is 19.1. The van der Waals surface area contributed by atoms with Crippen LogP contribution < -0.4 is 10.3 Å². The number of nitrogens with zero attached hydrogens (tertiary/aromatic N) is 3. The Balaban J connectivity index is 1.19. The number of halogens is 1. The second-order valence-corrected chi connectivity index (χ2v) is 9.82. The maximum atomic E-state index is 15.3. The van der Waals surface area contributed by atoms with E-state index < -0.39 is 6.35 Å². The molecule has 2 atom stereocenters. The van der Waals surface area contributed by atoms with E-state index in [1.54, 1.807) is 12.1 Å². The van der Waals surface area contributed by atoms with Gasteiger partial charge in [0.25, 0.3) is 0 Å². The van der Waals surface area contributed by atoms with Gasteiger partial charge in [0.15, 0.2) is 0 Å². The molecule has 1 amide bonds. The maximum Gasteiger partial charge on any atom is 0.225 e. The molecule has 0 aromatic heterocycles. The van der Waals surface area contributed by atoms with Gasteiger partial charge >= 0.3 is 0 Å². The molecule has 7 heteroatoms. The standard InChI is InChI=1S/C26H29FN4O2/c27-22-14-21(20-7-4-17-2-1-3-19(17)13-20)8-9-23(22)31-24(28-29-26(31)33)12-16-10-11-30(15-16)25(32)18-5-6-18/h4,7-9,13-14,16,18,26,29,33H,1-3,5-6,10-12,15H2/t16-,26?/m0/s1. The first kappa shape index (κ1) is 20.7. The molecule has 2 aliphatic heterocycles. The molecule has 1 unspecified atom stereocenters. The van der Waals surface area contributed by atoms with Crippen molar-refractivity contribution in [3.05, 3.63) is 53.3 Å². The molecule has 0 bridgehead atoms. The predicted molar refractivity (Wildman–Crippen MR) is 125 cm³/mol.